The Balaban J connectivity index is 4.36. The standard InChI is InChI=1S/C11H16O6S/c1-5-16-11(13)9(4)6-7-18(14,15)17-10(12)8(2)3/h2,4-7H2,1,3H3. The van der Waals surface area contributed by atoms with Crippen LogP contribution in [0.3, 0.4) is 0 Å². The first-order valence-corrected chi connectivity index (χ1v) is 6.74. The molecule has 0 aliphatic rings. The minimum absolute atomic E-state index is 0.00630. The summed E-state index contributed by atoms with van der Waals surface area (Å²) in [4.78, 5) is 22.2. The summed E-state index contributed by atoms with van der Waals surface area (Å²) in [7, 11) is -4.05. The van der Waals surface area contributed by atoms with Crippen molar-refractivity contribution in [1.82, 2.24) is 0 Å². The van der Waals surface area contributed by atoms with Crippen LogP contribution in [-0.2, 0) is 28.6 Å². The average Bonchev–Trinajstić information content (AvgIpc) is 2.25. The molecule has 0 aromatic heterocycles. The molecule has 0 N–H and O–H groups in total. The van der Waals surface area contributed by atoms with Crippen molar-refractivity contribution in [1.29, 1.82) is 0 Å². The van der Waals surface area contributed by atoms with Gasteiger partial charge in [-0.2, -0.15) is 8.42 Å². The van der Waals surface area contributed by atoms with E-state index in [-0.39, 0.29) is 24.2 Å². The average molecular weight is 276 g/mol. The van der Waals surface area contributed by atoms with Crippen LogP contribution in [0.15, 0.2) is 24.3 Å². The molecule has 0 atom stereocenters. The maximum atomic E-state index is 11.4. The molecule has 0 aliphatic carbocycles. The van der Waals surface area contributed by atoms with Crippen LogP contribution in [0, 0.1) is 0 Å². The molecule has 0 bridgehead atoms. The van der Waals surface area contributed by atoms with Gasteiger partial charge in [0.2, 0.25) is 0 Å². The maximum Gasteiger partial charge on any atom is 0.348 e. The molecule has 7 heteroatoms. The minimum Gasteiger partial charge on any atom is -0.463 e. The van der Waals surface area contributed by atoms with Gasteiger partial charge in [0.1, 0.15) is 0 Å². The molecule has 0 amide bonds. The van der Waals surface area contributed by atoms with Gasteiger partial charge in [-0.05, 0) is 20.3 Å². The van der Waals surface area contributed by atoms with Crippen molar-refractivity contribution >= 4 is 22.1 Å². The van der Waals surface area contributed by atoms with Gasteiger partial charge >= 0.3 is 22.1 Å². The van der Waals surface area contributed by atoms with E-state index in [2.05, 4.69) is 22.1 Å². The lowest BCUT2D eigenvalue weighted by molar-refractivity contribution is -0.138. The number of esters is 1. The van der Waals surface area contributed by atoms with E-state index >= 15 is 0 Å². The lowest BCUT2D eigenvalue weighted by atomic mass is 10.2. The highest BCUT2D eigenvalue weighted by Crippen LogP contribution is 2.07. The Hall–Kier alpha value is -1.63. The van der Waals surface area contributed by atoms with Gasteiger partial charge in [0.25, 0.3) is 0 Å². The third-order valence-corrected chi connectivity index (χ3v) is 2.88. The van der Waals surface area contributed by atoms with Crippen molar-refractivity contribution in [3.8, 4) is 0 Å². The SMILES string of the molecule is C=C(C)C(=O)OS(=O)(=O)CCC(=C)C(=O)OCC. The molecule has 0 aromatic carbocycles. The topological polar surface area (TPSA) is 86.7 Å². The molecule has 0 spiro atoms. The summed E-state index contributed by atoms with van der Waals surface area (Å²) in [5.74, 6) is -2.21. The number of hydrogen-bond donors (Lipinski definition) is 0. The molecule has 0 saturated heterocycles. The Morgan fingerprint density at radius 1 is 1.17 bits per heavy atom. The van der Waals surface area contributed by atoms with E-state index in [1.54, 1.807) is 6.92 Å². The number of carbonyl (C=O) groups excluding carboxylic acids is 2. The number of carbonyl (C=O) groups is 2. The number of ether oxygens (including phenoxy) is 1. The highest BCUT2D eigenvalue weighted by Gasteiger charge is 2.19. The minimum atomic E-state index is -4.05. The molecule has 0 aromatic rings. The summed E-state index contributed by atoms with van der Waals surface area (Å²) in [5, 5.41) is 0. The summed E-state index contributed by atoms with van der Waals surface area (Å²) >= 11 is 0. The van der Waals surface area contributed by atoms with E-state index in [0.717, 1.165) is 0 Å². The van der Waals surface area contributed by atoms with Gasteiger partial charge in [0.05, 0.1) is 12.4 Å². The molecule has 102 valence electrons. The van der Waals surface area contributed by atoms with Gasteiger partial charge in [-0.3, -0.25) is 0 Å². The van der Waals surface area contributed by atoms with Gasteiger partial charge < -0.3 is 8.92 Å². The molecule has 0 radical (unpaired) electrons. The zero-order chi connectivity index (χ0) is 14.3. The van der Waals surface area contributed by atoms with Crippen LogP contribution in [-0.4, -0.2) is 32.7 Å². The van der Waals surface area contributed by atoms with Crippen molar-refractivity contribution in [2.45, 2.75) is 20.3 Å². The van der Waals surface area contributed by atoms with E-state index in [1.165, 1.54) is 6.92 Å². The molecule has 0 unspecified atom stereocenters. The van der Waals surface area contributed by atoms with Crippen LogP contribution in [0.4, 0.5) is 0 Å². The second-order valence-corrected chi connectivity index (χ2v) is 5.18. The summed E-state index contributed by atoms with van der Waals surface area (Å²) in [5.41, 5.74) is -0.0189. The van der Waals surface area contributed by atoms with Crippen LogP contribution in [0.5, 0.6) is 0 Å². The first-order valence-electron chi connectivity index (χ1n) is 5.16. The summed E-state index contributed by atoms with van der Waals surface area (Å²) < 4.78 is 31.6. The van der Waals surface area contributed by atoms with Crippen LogP contribution in [0.1, 0.15) is 20.3 Å². The number of hydrogen-bond acceptors (Lipinski definition) is 6. The van der Waals surface area contributed by atoms with Crippen molar-refractivity contribution in [3.05, 3.63) is 24.3 Å². The van der Waals surface area contributed by atoms with Gasteiger partial charge in [0.15, 0.2) is 0 Å². The largest absolute Gasteiger partial charge is 0.463 e. The van der Waals surface area contributed by atoms with Crippen LogP contribution in [0.25, 0.3) is 0 Å². The molecule has 0 aliphatic heterocycles. The van der Waals surface area contributed by atoms with Crippen molar-refractivity contribution < 1.29 is 26.9 Å². The van der Waals surface area contributed by atoms with Gasteiger partial charge in [-0.15, -0.1) is 0 Å². The molecular weight excluding hydrogens is 260 g/mol. The lowest BCUT2D eigenvalue weighted by Gasteiger charge is -2.06. The van der Waals surface area contributed by atoms with Crippen LogP contribution >= 0.6 is 0 Å². The Labute approximate surface area is 106 Å². The zero-order valence-electron chi connectivity index (χ0n) is 10.4. The lowest BCUT2D eigenvalue weighted by Crippen LogP contribution is -2.18. The third kappa shape index (κ3) is 6.19. The van der Waals surface area contributed by atoms with E-state index < -0.39 is 27.8 Å². The smallest absolute Gasteiger partial charge is 0.348 e. The molecular formula is C11H16O6S. The number of rotatable bonds is 7. The fraction of sp³-hybridized carbons (Fsp3) is 0.455. The fourth-order valence-electron chi connectivity index (χ4n) is 0.812. The quantitative estimate of drug-likeness (QED) is 0.391. The molecule has 0 rings (SSSR count). The van der Waals surface area contributed by atoms with E-state index in [0.29, 0.717) is 0 Å². The Morgan fingerprint density at radius 2 is 1.72 bits per heavy atom. The van der Waals surface area contributed by atoms with Crippen molar-refractivity contribution in [2.24, 2.45) is 0 Å². The molecule has 0 heterocycles. The fourth-order valence-corrected chi connectivity index (χ4v) is 1.76. The van der Waals surface area contributed by atoms with Gasteiger partial charge in [0, 0.05) is 11.1 Å². The monoisotopic (exact) mass is 276 g/mol. The highest BCUT2D eigenvalue weighted by molar-refractivity contribution is 7.87. The van der Waals surface area contributed by atoms with E-state index in [4.69, 9.17) is 0 Å². The van der Waals surface area contributed by atoms with E-state index in [1.807, 2.05) is 0 Å². The first kappa shape index (κ1) is 16.4. The summed E-state index contributed by atoms with van der Waals surface area (Å²) in [6.45, 7) is 9.78. The summed E-state index contributed by atoms with van der Waals surface area (Å²) in [6, 6.07) is 0. The predicted molar refractivity (Wildman–Crippen MR) is 65.1 cm³/mol. The van der Waals surface area contributed by atoms with Crippen LogP contribution < -0.4 is 0 Å². The molecule has 18 heavy (non-hydrogen) atoms. The molecule has 0 saturated carbocycles. The van der Waals surface area contributed by atoms with Gasteiger partial charge in [-0.1, -0.05) is 13.2 Å². The van der Waals surface area contributed by atoms with E-state index in [9.17, 15) is 18.0 Å². The predicted octanol–water partition coefficient (Wildman–Crippen LogP) is 0.945. The van der Waals surface area contributed by atoms with Crippen LogP contribution in [0.2, 0.25) is 0 Å². The van der Waals surface area contributed by atoms with Crippen molar-refractivity contribution in [3.63, 3.8) is 0 Å². The zero-order valence-corrected chi connectivity index (χ0v) is 11.2. The van der Waals surface area contributed by atoms with Crippen molar-refractivity contribution in [2.75, 3.05) is 12.4 Å². The third-order valence-electron chi connectivity index (χ3n) is 1.77. The Bertz CT molecular complexity index is 460. The second-order valence-electron chi connectivity index (χ2n) is 3.49. The molecule has 0 fully saturated rings. The second kappa shape index (κ2) is 6.95. The Kier molecular flexibility index (Phi) is 6.32. The first-order chi connectivity index (χ1) is 8.19. The highest BCUT2D eigenvalue weighted by atomic mass is 32.2. The molecule has 6 nitrogen and oxygen atoms in total. The van der Waals surface area contributed by atoms with Gasteiger partial charge in [-0.25, -0.2) is 9.59 Å². The maximum absolute atomic E-state index is 11.4. The normalized spacial score (nSPS) is 10.6. The Morgan fingerprint density at radius 3 is 2.17 bits per heavy atom. The summed E-state index contributed by atoms with van der Waals surface area (Å²) in [6.07, 6.45) is -0.162.